The first-order valence-corrected chi connectivity index (χ1v) is 13.0. The van der Waals surface area contributed by atoms with Crippen molar-refractivity contribution in [2.45, 2.75) is 37.5 Å². The second kappa shape index (κ2) is 9.95. The maximum Gasteiger partial charge on any atom is 0.255 e. The zero-order chi connectivity index (χ0) is 24.3. The molecule has 34 heavy (non-hydrogen) atoms. The summed E-state index contributed by atoms with van der Waals surface area (Å²) >= 11 is 0. The zero-order valence-corrected chi connectivity index (χ0v) is 20.0. The number of carbonyl (C=O) groups is 2. The van der Waals surface area contributed by atoms with Crippen LogP contribution in [0.5, 0.6) is 0 Å². The summed E-state index contributed by atoms with van der Waals surface area (Å²) < 4.78 is 27.3. The number of para-hydroxylation sites is 1. The minimum Gasteiger partial charge on any atom is -0.339 e. The quantitative estimate of drug-likeness (QED) is 0.707. The minimum absolute atomic E-state index is 0.0696. The van der Waals surface area contributed by atoms with Crippen molar-refractivity contribution in [3.63, 3.8) is 0 Å². The number of piperidine rings is 1. The van der Waals surface area contributed by atoms with Crippen LogP contribution in [0.15, 0.2) is 47.4 Å². The Balaban J connectivity index is 1.42. The number of rotatable bonds is 5. The first kappa shape index (κ1) is 23.9. The van der Waals surface area contributed by atoms with Crippen molar-refractivity contribution >= 4 is 27.5 Å². The minimum atomic E-state index is -3.69. The number of carbonyl (C=O) groups excluding carboxylic acids is 2. The number of amides is 2. The predicted molar refractivity (Wildman–Crippen MR) is 128 cm³/mol. The SMILES string of the molecule is Cc1cccc(C(=O)N2CCCC2)c1NC(=O)C1CCN(S(=O)(=O)c2ccc(C#N)cc2)CC1. The molecule has 0 spiro atoms. The number of nitrogens with zero attached hydrogens (tertiary/aromatic N) is 3. The zero-order valence-electron chi connectivity index (χ0n) is 19.2. The standard InChI is InChI=1S/C25H28N4O4S/c1-18-5-4-6-22(25(31)28-13-2-3-14-28)23(18)27-24(30)20-11-15-29(16-12-20)34(32,33)21-9-7-19(17-26)8-10-21/h4-10,20H,2-3,11-16H2,1H3,(H,27,30). The third kappa shape index (κ3) is 4.83. The fraction of sp³-hybridized carbons (Fsp3) is 0.400. The van der Waals surface area contributed by atoms with E-state index < -0.39 is 10.0 Å². The lowest BCUT2D eigenvalue weighted by atomic mass is 9.96. The Morgan fingerprint density at radius 3 is 2.26 bits per heavy atom. The van der Waals surface area contributed by atoms with Gasteiger partial charge < -0.3 is 10.2 Å². The first-order chi connectivity index (χ1) is 16.3. The van der Waals surface area contributed by atoms with E-state index in [1.54, 1.807) is 6.07 Å². The average Bonchev–Trinajstić information content (AvgIpc) is 3.40. The van der Waals surface area contributed by atoms with Crippen LogP contribution >= 0.6 is 0 Å². The largest absolute Gasteiger partial charge is 0.339 e. The number of nitriles is 1. The predicted octanol–water partition coefficient (Wildman–Crippen LogP) is 3.14. The molecule has 0 atom stereocenters. The third-order valence-electron chi connectivity index (χ3n) is 6.59. The van der Waals surface area contributed by atoms with Crippen LogP contribution in [0.4, 0.5) is 5.69 Å². The van der Waals surface area contributed by atoms with Gasteiger partial charge >= 0.3 is 0 Å². The first-order valence-electron chi connectivity index (χ1n) is 11.5. The van der Waals surface area contributed by atoms with Gasteiger partial charge in [-0.2, -0.15) is 9.57 Å². The molecule has 0 bridgehead atoms. The lowest BCUT2D eigenvalue weighted by molar-refractivity contribution is -0.120. The Morgan fingerprint density at radius 2 is 1.65 bits per heavy atom. The van der Waals surface area contributed by atoms with E-state index in [4.69, 9.17) is 5.26 Å². The van der Waals surface area contributed by atoms with Gasteiger partial charge in [0, 0.05) is 32.1 Å². The highest BCUT2D eigenvalue weighted by atomic mass is 32.2. The highest BCUT2D eigenvalue weighted by Gasteiger charge is 2.33. The molecule has 2 aromatic rings. The average molecular weight is 481 g/mol. The number of hydrogen-bond acceptors (Lipinski definition) is 5. The molecule has 0 aromatic heterocycles. The van der Waals surface area contributed by atoms with E-state index in [9.17, 15) is 18.0 Å². The van der Waals surface area contributed by atoms with Crippen LogP contribution < -0.4 is 5.32 Å². The molecular weight excluding hydrogens is 452 g/mol. The van der Waals surface area contributed by atoms with Crippen molar-refractivity contribution < 1.29 is 18.0 Å². The molecule has 178 valence electrons. The van der Waals surface area contributed by atoms with Crippen molar-refractivity contribution in [2.75, 3.05) is 31.5 Å². The molecule has 4 rings (SSSR count). The van der Waals surface area contributed by atoms with Gasteiger partial charge in [-0.1, -0.05) is 12.1 Å². The van der Waals surface area contributed by atoms with Gasteiger partial charge in [0.1, 0.15) is 0 Å². The fourth-order valence-electron chi connectivity index (χ4n) is 4.54. The molecule has 0 aliphatic carbocycles. The molecule has 2 fully saturated rings. The summed E-state index contributed by atoms with van der Waals surface area (Å²) in [6.07, 6.45) is 2.76. The molecule has 0 unspecified atom stereocenters. The summed E-state index contributed by atoms with van der Waals surface area (Å²) in [7, 11) is -3.69. The summed E-state index contributed by atoms with van der Waals surface area (Å²) in [5.41, 5.74) is 2.25. The fourth-order valence-corrected chi connectivity index (χ4v) is 6.01. The molecule has 2 amide bonds. The Bertz CT molecular complexity index is 1220. The van der Waals surface area contributed by atoms with Crippen molar-refractivity contribution in [1.29, 1.82) is 5.26 Å². The van der Waals surface area contributed by atoms with Gasteiger partial charge in [-0.3, -0.25) is 9.59 Å². The van der Waals surface area contributed by atoms with Gasteiger partial charge in [-0.05, 0) is 68.5 Å². The van der Waals surface area contributed by atoms with Gasteiger partial charge in [0.25, 0.3) is 5.91 Å². The van der Waals surface area contributed by atoms with Crippen LogP contribution in [0.3, 0.4) is 0 Å². The molecule has 0 radical (unpaired) electrons. The maximum atomic E-state index is 13.1. The van der Waals surface area contributed by atoms with Crippen LogP contribution in [0.25, 0.3) is 0 Å². The molecule has 1 N–H and O–H groups in total. The molecular formula is C25H28N4O4S. The lowest BCUT2D eigenvalue weighted by Gasteiger charge is -2.31. The molecule has 2 aromatic carbocycles. The van der Waals surface area contributed by atoms with Crippen molar-refractivity contribution in [2.24, 2.45) is 5.92 Å². The molecule has 2 saturated heterocycles. The van der Waals surface area contributed by atoms with Gasteiger partial charge in [0.05, 0.1) is 27.8 Å². The monoisotopic (exact) mass is 480 g/mol. The Morgan fingerprint density at radius 1 is 1.00 bits per heavy atom. The van der Waals surface area contributed by atoms with Gasteiger partial charge in [0.15, 0.2) is 0 Å². The smallest absolute Gasteiger partial charge is 0.255 e. The van der Waals surface area contributed by atoms with Gasteiger partial charge in [0.2, 0.25) is 15.9 Å². The molecule has 2 aliphatic rings. The maximum absolute atomic E-state index is 13.1. The Labute approximate surface area is 200 Å². The Kier molecular flexibility index (Phi) is 7.00. The van der Waals surface area contributed by atoms with Gasteiger partial charge in [-0.15, -0.1) is 0 Å². The van der Waals surface area contributed by atoms with Crippen LogP contribution in [-0.4, -0.2) is 55.6 Å². The number of hydrogen-bond donors (Lipinski definition) is 1. The van der Waals surface area contributed by atoms with Gasteiger partial charge in [-0.25, -0.2) is 8.42 Å². The summed E-state index contributed by atoms with van der Waals surface area (Å²) in [5, 5.41) is 11.9. The second-order valence-corrected chi connectivity index (χ2v) is 10.7. The van der Waals surface area contributed by atoms with E-state index in [0.717, 1.165) is 31.5 Å². The summed E-state index contributed by atoms with van der Waals surface area (Å²) in [6, 6.07) is 13.2. The lowest BCUT2D eigenvalue weighted by Crippen LogP contribution is -2.41. The van der Waals surface area contributed by atoms with E-state index in [2.05, 4.69) is 5.32 Å². The summed E-state index contributed by atoms with van der Waals surface area (Å²) in [4.78, 5) is 28.0. The van der Waals surface area contributed by atoms with E-state index in [1.807, 2.05) is 30.0 Å². The van der Waals surface area contributed by atoms with Crippen LogP contribution in [0, 0.1) is 24.2 Å². The second-order valence-electron chi connectivity index (χ2n) is 8.80. The third-order valence-corrected chi connectivity index (χ3v) is 8.50. The number of aryl methyl sites for hydroxylation is 1. The van der Waals surface area contributed by atoms with Crippen molar-refractivity contribution in [3.05, 3.63) is 59.2 Å². The Hall–Kier alpha value is -3.22. The van der Waals surface area contributed by atoms with Crippen molar-refractivity contribution in [1.82, 2.24) is 9.21 Å². The number of benzene rings is 2. The van der Waals surface area contributed by atoms with Crippen molar-refractivity contribution in [3.8, 4) is 6.07 Å². The topological polar surface area (TPSA) is 111 Å². The van der Waals surface area contributed by atoms with E-state index >= 15 is 0 Å². The van der Waals surface area contributed by atoms with Crippen LogP contribution in [0.1, 0.15) is 47.2 Å². The molecule has 9 heteroatoms. The number of likely N-dealkylation sites (tertiary alicyclic amines) is 1. The highest BCUT2D eigenvalue weighted by Crippen LogP contribution is 2.28. The molecule has 8 nitrogen and oxygen atoms in total. The summed E-state index contributed by atoms with van der Waals surface area (Å²) in [5.74, 6) is -0.609. The molecule has 0 saturated carbocycles. The molecule has 2 aliphatic heterocycles. The summed E-state index contributed by atoms with van der Waals surface area (Å²) in [6.45, 7) is 3.78. The van der Waals surface area contributed by atoms with E-state index in [1.165, 1.54) is 28.6 Å². The normalized spacial score (nSPS) is 17.4. The van der Waals surface area contributed by atoms with Crippen LogP contribution in [-0.2, 0) is 14.8 Å². The highest BCUT2D eigenvalue weighted by molar-refractivity contribution is 7.89. The van der Waals surface area contributed by atoms with E-state index in [0.29, 0.717) is 29.7 Å². The number of nitrogens with one attached hydrogen (secondary N) is 1. The molecule has 2 heterocycles. The van der Waals surface area contributed by atoms with E-state index in [-0.39, 0.29) is 35.7 Å². The van der Waals surface area contributed by atoms with Crippen LogP contribution in [0.2, 0.25) is 0 Å². The number of anilines is 1. The number of sulfonamides is 1.